The van der Waals surface area contributed by atoms with Gasteiger partial charge < -0.3 is 10.4 Å². The van der Waals surface area contributed by atoms with Gasteiger partial charge in [-0.05, 0) is 34.8 Å². The van der Waals surface area contributed by atoms with Crippen LogP contribution >= 0.6 is 15.9 Å². The largest absolute Gasteiger partial charge is 0.396 e. The molecule has 2 atom stereocenters. The summed E-state index contributed by atoms with van der Waals surface area (Å²) in [6.45, 7) is 3.09. The molecule has 2 rings (SSSR count). The Bertz CT molecular complexity index is 515. The molecule has 0 radical (unpaired) electrons. The number of hydrogen-bond acceptors (Lipinski definition) is 3. The van der Waals surface area contributed by atoms with Crippen LogP contribution in [-0.4, -0.2) is 27.5 Å². The lowest BCUT2D eigenvalue weighted by Gasteiger charge is -2.23. The van der Waals surface area contributed by atoms with E-state index in [0.717, 1.165) is 11.0 Å². The first-order valence-corrected chi connectivity index (χ1v) is 7.58. The lowest BCUT2D eigenvalue weighted by atomic mass is 10.0. The van der Waals surface area contributed by atoms with Crippen LogP contribution in [0.4, 0.5) is 0 Å². The first kappa shape index (κ1) is 15.2. The minimum Gasteiger partial charge on any atom is -0.396 e. The van der Waals surface area contributed by atoms with Crippen LogP contribution in [0.15, 0.2) is 47.2 Å². The Labute approximate surface area is 127 Å². The zero-order chi connectivity index (χ0) is 14.4. The van der Waals surface area contributed by atoms with E-state index < -0.39 is 0 Å². The molecule has 0 aliphatic rings. The maximum absolute atomic E-state index is 9.24. The Morgan fingerprint density at radius 3 is 2.70 bits per heavy atom. The van der Waals surface area contributed by atoms with Crippen LogP contribution in [0.2, 0.25) is 0 Å². The molecular weight excluding hydrogens is 318 g/mol. The maximum atomic E-state index is 9.24. The predicted octanol–water partition coefficient (Wildman–Crippen LogP) is 2.75. The summed E-state index contributed by atoms with van der Waals surface area (Å²) in [5, 5.41) is 17.1. The molecule has 0 amide bonds. The summed E-state index contributed by atoms with van der Waals surface area (Å²) in [5.41, 5.74) is 1.20. The lowest BCUT2D eigenvalue weighted by molar-refractivity contribution is 0.256. The van der Waals surface area contributed by atoms with Crippen molar-refractivity contribution in [3.8, 4) is 0 Å². The van der Waals surface area contributed by atoms with E-state index >= 15 is 0 Å². The van der Waals surface area contributed by atoms with Crippen LogP contribution < -0.4 is 5.32 Å². The van der Waals surface area contributed by atoms with Gasteiger partial charge in [0.1, 0.15) is 0 Å². The molecule has 1 aromatic carbocycles. The number of aliphatic hydroxyl groups excluding tert-OH is 1. The van der Waals surface area contributed by atoms with Crippen molar-refractivity contribution in [3.05, 3.63) is 52.8 Å². The van der Waals surface area contributed by atoms with Gasteiger partial charge in [0.25, 0.3) is 0 Å². The maximum Gasteiger partial charge on any atom is 0.0632 e. The minimum atomic E-state index is 0.162. The van der Waals surface area contributed by atoms with Gasteiger partial charge in [0.2, 0.25) is 0 Å². The second kappa shape index (κ2) is 7.57. The smallest absolute Gasteiger partial charge is 0.0632 e. The number of halogens is 1. The van der Waals surface area contributed by atoms with E-state index in [1.54, 1.807) is 6.20 Å². The van der Waals surface area contributed by atoms with Gasteiger partial charge in [-0.2, -0.15) is 5.10 Å². The van der Waals surface area contributed by atoms with Crippen LogP contribution in [0.25, 0.3) is 0 Å². The van der Waals surface area contributed by atoms with Crippen molar-refractivity contribution in [2.45, 2.75) is 32.0 Å². The monoisotopic (exact) mass is 337 g/mol. The summed E-state index contributed by atoms with van der Waals surface area (Å²) in [4.78, 5) is 0. The van der Waals surface area contributed by atoms with E-state index in [1.165, 1.54) is 5.56 Å². The van der Waals surface area contributed by atoms with Crippen molar-refractivity contribution < 1.29 is 5.11 Å². The van der Waals surface area contributed by atoms with Gasteiger partial charge in [-0.25, -0.2) is 0 Å². The molecule has 2 N–H and O–H groups in total. The van der Waals surface area contributed by atoms with Gasteiger partial charge in [0.15, 0.2) is 0 Å². The summed E-state index contributed by atoms with van der Waals surface area (Å²) in [6, 6.07) is 10.7. The molecule has 2 aromatic rings. The summed E-state index contributed by atoms with van der Waals surface area (Å²) in [7, 11) is 0. The highest BCUT2D eigenvalue weighted by Crippen LogP contribution is 2.17. The number of rotatable bonds is 7. The highest BCUT2D eigenvalue weighted by Gasteiger charge is 2.14. The SMILES string of the molecule is CC(Cn1cc(Br)cn1)N[C@H](CCO)c1ccccc1. The average Bonchev–Trinajstić information content (AvgIpc) is 2.84. The Balaban J connectivity index is 1.97. The zero-order valence-electron chi connectivity index (χ0n) is 11.5. The Kier molecular flexibility index (Phi) is 5.76. The van der Waals surface area contributed by atoms with Gasteiger partial charge in [-0.15, -0.1) is 0 Å². The molecule has 5 heteroatoms. The molecular formula is C15H20BrN3O. The van der Waals surface area contributed by atoms with E-state index in [4.69, 9.17) is 0 Å². The van der Waals surface area contributed by atoms with Crippen molar-refractivity contribution >= 4 is 15.9 Å². The Morgan fingerprint density at radius 1 is 1.35 bits per heavy atom. The average molecular weight is 338 g/mol. The first-order chi connectivity index (χ1) is 9.69. The number of nitrogens with one attached hydrogen (secondary N) is 1. The summed E-state index contributed by atoms with van der Waals surface area (Å²) < 4.78 is 2.89. The molecule has 20 heavy (non-hydrogen) atoms. The lowest BCUT2D eigenvalue weighted by Crippen LogP contribution is -2.34. The van der Waals surface area contributed by atoms with Crippen LogP contribution in [-0.2, 0) is 6.54 Å². The van der Waals surface area contributed by atoms with E-state index in [1.807, 2.05) is 29.1 Å². The van der Waals surface area contributed by atoms with Gasteiger partial charge in [0, 0.05) is 24.9 Å². The zero-order valence-corrected chi connectivity index (χ0v) is 13.1. The van der Waals surface area contributed by atoms with Crippen LogP contribution in [0.1, 0.15) is 24.9 Å². The third-order valence-electron chi connectivity index (χ3n) is 3.17. The molecule has 0 aliphatic heterocycles. The fourth-order valence-electron chi connectivity index (χ4n) is 2.28. The molecule has 4 nitrogen and oxygen atoms in total. The van der Waals surface area contributed by atoms with Crippen molar-refractivity contribution in [1.29, 1.82) is 0 Å². The number of aliphatic hydroxyl groups is 1. The van der Waals surface area contributed by atoms with E-state index in [0.29, 0.717) is 6.42 Å². The van der Waals surface area contributed by atoms with Crippen molar-refractivity contribution in [2.24, 2.45) is 0 Å². The molecule has 0 saturated carbocycles. The molecule has 1 heterocycles. The van der Waals surface area contributed by atoms with Crippen LogP contribution in [0.5, 0.6) is 0 Å². The molecule has 0 spiro atoms. The van der Waals surface area contributed by atoms with Crippen molar-refractivity contribution in [2.75, 3.05) is 6.61 Å². The second-order valence-corrected chi connectivity index (χ2v) is 5.84. The third-order valence-corrected chi connectivity index (χ3v) is 3.58. The molecule has 0 fully saturated rings. The van der Waals surface area contributed by atoms with Gasteiger partial charge in [-0.1, -0.05) is 30.3 Å². The molecule has 0 saturated heterocycles. The minimum absolute atomic E-state index is 0.162. The quantitative estimate of drug-likeness (QED) is 0.816. The molecule has 1 aromatic heterocycles. The van der Waals surface area contributed by atoms with Gasteiger partial charge in [0.05, 0.1) is 17.2 Å². The number of aromatic nitrogens is 2. The Morgan fingerprint density at radius 2 is 2.10 bits per heavy atom. The summed E-state index contributed by atoms with van der Waals surface area (Å²) in [5.74, 6) is 0. The predicted molar refractivity (Wildman–Crippen MR) is 83.4 cm³/mol. The highest BCUT2D eigenvalue weighted by molar-refractivity contribution is 9.10. The van der Waals surface area contributed by atoms with Gasteiger partial charge >= 0.3 is 0 Å². The summed E-state index contributed by atoms with van der Waals surface area (Å²) >= 11 is 3.40. The number of benzene rings is 1. The fraction of sp³-hybridized carbons (Fsp3) is 0.400. The first-order valence-electron chi connectivity index (χ1n) is 6.79. The van der Waals surface area contributed by atoms with Crippen LogP contribution in [0.3, 0.4) is 0 Å². The number of nitrogens with zero attached hydrogens (tertiary/aromatic N) is 2. The third kappa shape index (κ3) is 4.44. The van der Waals surface area contributed by atoms with Crippen molar-refractivity contribution in [1.82, 2.24) is 15.1 Å². The Hall–Kier alpha value is -1.17. The standard InChI is InChI=1S/C15H20BrN3O/c1-12(10-19-11-14(16)9-17-19)18-15(7-8-20)13-5-3-2-4-6-13/h2-6,9,11-12,15,18,20H,7-8,10H2,1H3/t12?,15-/m1/s1. The van der Waals surface area contributed by atoms with E-state index in [2.05, 4.69) is 45.4 Å². The molecule has 0 bridgehead atoms. The van der Waals surface area contributed by atoms with E-state index in [9.17, 15) is 5.11 Å². The van der Waals surface area contributed by atoms with Crippen molar-refractivity contribution in [3.63, 3.8) is 0 Å². The van der Waals surface area contributed by atoms with E-state index in [-0.39, 0.29) is 18.7 Å². The second-order valence-electron chi connectivity index (χ2n) is 4.92. The molecule has 108 valence electrons. The van der Waals surface area contributed by atoms with Crippen LogP contribution in [0, 0.1) is 0 Å². The summed E-state index contributed by atoms with van der Waals surface area (Å²) in [6.07, 6.45) is 4.45. The van der Waals surface area contributed by atoms with Gasteiger partial charge in [-0.3, -0.25) is 4.68 Å². The molecule has 1 unspecified atom stereocenters. The normalized spacial score (nSPS) is 14.2. The topological polar surface area (TPSA) is 50.1 Å². The fourth-order valence-corrected chi connectivity index (χ4v) is 2.60. The number of hydrogen-bond donors (Lipinski definition) is 2. The highest BCUT2D eigenvalue weighted by atomic mass is 79.9. The molecule has 0 aliphatic carbocycles.